The quantitative estimate of drug-likeness (QED) is 0.806. The molecule has 4 nitrogen and oxygen atoms in total. The number of halogens is 1. The van der Waals surface area contributed by atoms with Gasteiger partial charge in [0.25, 0.3) is 0 Å². The molecule has 0 aliphatic carbocycles. The van der Waals surface area contributed by atoms with E-state index in [0.717, 1.165) is 10.0 Å². The smallest absolute Gasteiger partial charge is 0.174 e. The van der Waals surface area contributed by atoms with Crippen LogP contribution in [-0.2, 0) is 6.54 Å². The average molecular weight is 332 g/mol. The standard InChI is InChI=1S/C14H22BrNO3/c1-14(2,5-6-17)16-9-10-7-11(15)13(19-4)12(8-10)18-3/h7-8,16-17H,5-6,9H2,1-4H3. The summed E-state index contributed by atoms with van der Waals surface area (Å²) in [5, 5.41) is 12.4. The Hall–Kier alpha value is -0.780. The summed E-state index contributed by atoms with van der Waals surface area (Å²) < 4.78 is 11.5. The molecule has 0 fully saturated rings. The molecule has 0 aliphatic rings. The van der Waals surface area contributed by atoms with E-state index in [4.69, 9.17) is 14.6 Å². The molecule has 5 heteroatoms. The number of hydrogen-bond donors (Lipinski definition) is 2. The molecular weight excluding hydrogens is 310 g/mol. The van der Waals surface area contributed by atoms with Gasteiger partial charge >= 0.3 is 0 Å². The zero-order chi connectivity index (χ0) is 14.5. The lowest BCUT2D eigenvalue weighted by Crippen LogP contribution is -2.39. The van der Waals surface area contributed by atoms with Crippen LogP contribution >= 0.6 is 15.9 Å². The topological polar surface area (TPSA) is 50.7 Å². The SMILES string of the molecule is COc1cc(CNC(C)(C)CCO)cc(Br)c1OC. The first-order valence-corrected chi connectivity index (χ1v) is 6.99. The summed E-state index contributed by atoms with van der Waals surface area (Å²) in [6, 6.07) is 3.95. The third-order valence-corrected chi connectivity index (χ3v) is 3.59. The Kier molecular flexibility index (Phi) is 6.10. The molecule has 0 amide bonds. The molecule has 108 valence electrons. The molecule has 19 heavy (non-hydrogen) atoms. The van der Waals surface area contributed by atoms with Crippen LogP contribution in [0.2, 0.25) is 0 Å². The molecule has 0 radical (unpaired) electrons. The second-order valence-corrected chi connectivity index (χ2v) is 5.88. The second kappa shape index (κ2) is 7.12. The molecule has 0 aliphatic heterocycles. The molecule has 1 aromatic carbocycles. The van der Waals surface area contributed by atoms with Gasteiger partial charge in [-0.25, -0.2) is 0 Å². The molecule has 0 heterocycles. The van der Waals surface area contributed by atoms with E-state index in [1.165, 1.54) is 0 Å². The Morgan fingerprint density at radius 3 is 2.47 bits per heavy atom. The van der Waals surface area contributed by atoms with Crippen LogP contribution in [0.1, 0.15) is 25.8 Å². The van der Waals surface area contributed by atoms with Gasteiger partial charge in [0, 0.05) is 18.7 Å². The Bertz CT molecular complexity index is 421. The molecule has 0 unspecified atom stereocenters. The molecular formula is C14H22BrNO3. The van der Waals surface area contributed by atoms with Crippen LogP contribution in [0.25, 0.3) is 0 Å². The summed E-state index contributed by atoms with van der Waals surface area (Å²) >= 11 is 3.48. The maximum atomic E-state index is 9.01. The Morgan fingerprint density at radius 1 is 1.26 bits per heavy atom. The summed E-state index contributed by atoms with van der Waals surface area (Å²) in [6.07, 6.45) is 0.710. The van der Waals surface area contributed by atoms with E-state index in [9.17, 15) is 0 Å². The van der Waals surface area contributed by atoms with Gasteiger partial charge in [-0.05, 0) is 53.9 Å². The highest BCUT2D eigenvalue weighted by atomic mass is 79.9. The van der Waals surface area contributed by atoms with Crippen LogP contribution in [-0.4, -0.2) is 31.5 Å². The third-order valence-electron chi connectivity index (χ3n) is 3.00. The number of aliphatic hydroxyl groups is 1. The molecule has 0 saturated heterocycles. The molecule has 0 spiro atoms. The van der Waals surface area contributed by atoms with Gasteiger partial charge in [-0.15, -0.1) is 0 Å². The number of nitrogens with one attached hydrogen (secondary N) is 1. The van der Waals surface area contributed by atoms with Crippen molar-refractivity contribution >= 4 is 15.9 Å². The highest BCUT2D eigenvalue weighted by Gasteiger charge is 2.17. The maximum Gasteiger partial charge on any atom is 0.174 e. The molecule has 2 N–H and O–H groups in total. The molecule has 1 aromatic rings. The second-order valence-electron chi connectivity index (χ2n) is 5.02. The maximum absolute atomic E-state index is 9.01. The summed E-state index contributed by atoms with van der Waals surface area (Å²) in [5.41, 5.74) is 0.990. The fourth-order valence-electron chi connectivity index (χ4n) is 1.78. The predicted molar refractivity (Wildman–Crippen MR) is 79.9 cm³/mol. The molecule has 0 saturated carbocycles. The minimum atomic E-state index is -0.103. The fourth-order valence-corrected chi connectivity index (χ4v) is 2.43. The van der Waals surface area contributed by atoms with Crippen LogP contribution in [0.4, 0.5) is 0 Å². The molecule has 1 rings (SSSR count). The van der Waals surface area contributed by atoms with Crippen LogP contribution in [0.3, 0.4) is 0 Å². The van der Waals surface area contributed by atoms with Crippen molar-refractivity contribution in [2.75, 3.05) is 20.8 Å². The van der Waals surface area contributed by atoms with Gasteiger partial charge < -0.3 is 19.9 Å². The lowest BCUT2D eigenvalue weighted by molar-refractivity contribution is 0.230. The first kappa shape index (κ1) is 16.3. The van der Waals surface area contributed by atoms with E-state index in [1.54, 1.807) is 14.2 Å². The molecule has 0 atom stereocenters. The summed E-state index contributed by atoms with van der Waals surface area (Å²) in [4.78, 5) is 0. The number of ether oxygens (including phenoxy) is 2. The van der Waals surface area contributed by atoms with Gasteiger partial charge in [0.05, 0.1) is 18.7 Å². The van der Waals surface area contributed by atoms with Gasteiger partial charge in [-0.1, -0.05) is 0 Å². The van der Waals surface area contributed by atoms with E-state index in [-0.39, 0.29) is 12.1 Å². The van der Waals surface area contributed by atoms with E-state index in [0.29, 0.717) is 24.5 Å². The highest BCUT2D eigenvalue weighted by Crippen LogP contribution is 2.36. The first-order chi connectivity index (χ1) is 8.93. The van der Waals surface area contributed by atoms with Gasteiger partial charge in [0.2, 0.25) is 0 Å². The van der Waals surface area contributed by atoms with Crippen LogP contribution < -0.4 is 14.8 Å². The normalized spacial score (nSPS) is 11.5. The van der Waals surface area contributed by atoms with Gasteiger partial charge in [-0.3, -0.25) is 0 Å². The number of methoxy groups -OCH3 is 2. The summed E-state index contributed by atoms with van der Waals surface area (Å²) in [6.45, 7) is 5.01. The van der Waals surface area contributed by atoms with E-state index in [2.05, 4.69) is 35.1 Å². The van der Waals surface area contributed by atoms with Crippen molar-refractivity contribution in [1.29, 1.82) is 0 Å². The van der Waals surface area contributed by atoms with Crippen molar-refractivity contribution in [3.05, 3.63) is 22.2 Å². The number of hydrogen-bond acceptors (Lipinski definition) is 4. The van der Waals surface area contributed by atoms with E-state index >= 15 is 0 Å². The Morgan fingerprint density at radius 2 is 1.95 bits per heavy atom. The summed E-state index contributed by atoms with van der Waals surface area (Å²) in [7, 11) is 3.24. The van der Waals surface area contributed by atoms with Crippen molar-refractivity contribution in [1.82, 2.24) is 5.32 Å². The van der Waals surface area contributed by atoms with Crippen molar-refractivity contribution in [3.63, 3.8) is 0 Å². The van der Waals surface area contributed by atoms with Gasteiger partial charge in [-0.2, -0.15) is 0 Å². The first-order valence-electron chi connectivity index (χ1n) is 6.20. The largest absolute Gasteiger partial charge is 0.493 e. The van der Waals surface area contributed by atoms with E-state index in [1.807, 2.05) is 12.1 Å². The number of benzene rings is 1. The van der Waals surface area contributed by atoms with Crippen LogP contribution in [0, 0.1) is 0 Å². The van der Waals surface area contributed by atoms with Crippen LogP contribution in [0.5, 0.6) is 11.5 Å². The average Bonchev–Trinajstić information content (AvgIpc) is 2.35. The monoisotopic (exact) mass is 331 g/mol. The number of rotatable bonds is 7. The highest BCUT2D eigenvalue weighted by molar-refractivity contribution is 9.10. The van der Waals surface area contributed by atoms with Crippen molar-refractivity contribution in [2.24, 2.45) is 0 Å². The lowest BCUT2D eigenvalue weighted by Gasteiger charge is -2.25. The third kappa shape index (κ3) is 4.67. The van der Waals surface area contributed by atoms with E-state index < -0.39 is 0 Å². The Balaban J connectivity index is 2.83. The number of aliphatic hydroxyl groups excluding tert-OH is 1. The minimum Gasteiger partial charge on any atom is -0.493 e. The fraction of sp³-hybridized carbons (Fsp3) is 0.571. The lowest BCUT2D eigenvalue weighted by atomic mass is 10.0. The van der Waals surface area contributed by atoms with Crippen molar-refractivity contribution in [2.45, 2.75) is 32.4 Å². The minimum absolute atomic E-state index is 0.103. The molecule has 0 aromatic heterocycles. The zero-order valence-electron chi connectivity index (χ0n) is 11.9. The molecule has 0 bridgehead atoms. The van der Waals surface area contributed by atoms with Crippen molar-refractivity contribution in [3.8, 4) is 11.5 Å². The Labute approximate surface area is 123 Å². The van der Waals surface area contributed by atoms with Crippen LogP contribution in [0.15, 0.2) is 16.6 Å². The van der Waals surface area contributed by atoms with Gasteiger partial charge in [0.15, 0.2) is 11.5 Å². The van der Waals surface area contributed by atoms with Crippen molar-refractivity contribution < 1.29 is 14.6 Å². The summed E-state index contributed by atoms with van der Waals surface area (Å²) in [5.74, 6) is 1.40. The zero-order valence-corrected chi connectivity index (χ0v) is 13.5. The predicted octanol–water partition coefficient (Wildman–Crippen LogP) is 2.72. The van der Waals surface area contributed by atoms with Gasteiger partial charge in [0.1, 0.15) is 0 Å².